The molecule has 2 aromatic carbocycles. The molecule has 0 spiro atoms. The molecule has 0 atom stereocenters. The summed E-state index contributed by atoms with van der Waals surface area (Å²) in [7, 11) is 0. The molecule has 0 aliphatic heterocycles. The van der Waals surface area contributed by atoms with E-state index < -0.39 is 5.63 Å². The molecular weight excluding hydrogens is 416 g/mol. The van der Waals surface area contributed by atoms with Crippen molar-refractivity contribution in [2.75, 3.05) is 11.1 Å². The number of benzene rings is 2. The summed E-state index contributed by atoms with van der Waals surface area (Å²) < 4.78 is 6.06. The number of amides is 1. The minimum absolute atomic E-state index is 0.158. The van der Waals surface area contributed by atoms with Gasteiger partial charge in [0, 0.05) is 21.5 Å². The molecule has 0 bridgehead atoms. The third-order valence-corrected chi connectivity index (χ3v) is 6.09. The first-order valence-electron chi connectivity index (χ1n) is 8.25. The fraction of sp³-hybridized carbons (Fsp3) is 0.0500. The smallest absolute Gasteiger partial charge is 0.345 e. The van der Waals surface area contributed by atoms with Gasteiger partial charge >= 0.3 is 5.63 Å². The molecule has 2 heterocycles. The minimum atomic E-state index is -0.431. The molecule has 4 rings (SSSR count). The van der Waals surface area contributed by atoms with E-state index in [2.05, 4.69) is 10.3 Å². The van der Waals surface area contributed by atoms with Gasteiger partial charge in [0.05, 0.1) is 17.0 Å². The number of rotatable bonds is 5. The van der Waals surface area contributed by atoms with E-state index in [1.807, 2.05) is 18.2 Å². The number of nitrogens with one attached hydrogen (secondary N) is 1. The highest BCUT2D eigenvalue weighted by atomic mass is 35.5. The van der Waals surface area contributed by atoms with E-state index in [-0.39, 0.29) is 11.7 Å². The van der Waals surface area contributed by atoms with Gasteiger partial charge < -0.3 is 9.73 Å². The van der Waals surface area contributed by atoms with Crippen LogP contribution in [0.25, 0.3) is 22.2 Å². The number of para-hydroxylation sites is 1. The molecule has 8 heteroatoms. The number of thioether (sulfide) groups is 1. The zero-order chi connectivity index (χ0) is 19.5. The second kappa shape index (κ2) is 8.18. The Morgan fingerprint density at radius 3 is 2.89 bits per heavy atom. The Kier molecular flexibility index (Phi) is 5.47. The van der Waals surface area contributed by atoms with Gasteiger partial charge in [0.25, 0.3) is 0 Å². The molecule has 0 fully saturated rings. The van der Waals surface area contributed by atoms with Crippen molar-refractivity contribution >= 4 is 57.3 Å². The number of hydrogen-bond donors (Lipinski definition) is 1. The van der Waals surface area contributed by atoms with Gasteiger partial charge in [-0.25, -0.2) is 9.78 Å². The SMILES string of the molecule is O=C(CSc1nc(-c2cc3ccccc3oc2=O)cs1)Nc1cccc(Cl)c1. The Bertz CT molecular complexity index is 1220. The molecule has 140 valence electrons. The number of carbonyl (C=O) groups excluding carboxylic acids is 1. The lowest BCUT2D eigenvalue weighted by Gasteiger charge is -2.04. The molecular formula is C20H13ClN2O3S2. The lowest BCUT2D eigenvalue weighted by Crippen LogP contribution is -2.13. The Balaban J connectivity index is 1.45. The Labute approximate surface area is 173 Å². The summed E-state index contributed by atoms with van der Waals surface area (Å²) in [6.45, 7) is 0. The average molecular weight is 429 g/mol. The van der Waals surface area contributed by atoms with Crippen LogP contribution in [0.4, 0.5) is 5.69 Å². The van der Waals surface area contributed by atoms with Gasteiger partial charge in [-0.2, -0.15) is 0 Å². The van der Waals surface area contributed by atoms with Crippen molar-refractivity contribution in [2.45, 2.75) is 4.34 Å². The van der Waals surface area contributed by atoms with E-state index in [1.54, 1.807) is 41.8 Å². The molecule has 28 heavy (non-hydrogen) atoms. The van der Waals surface area contributed by atoms with E-state index in [0.717, 1.165) is 5.39 Å². The summed E-state index contributed by atoms with van der Waals surface area (Å²) in [6, 6.07) is 16.1. The Morgan fingerprint density at radius 2 is 2.04 bits per heavy atom. The molecule has 5 nitrogen and oxygen atoms in total. The molecule has 1 N–H and O–H groups in total. The maximum Gasteiger partial charge on any atom is 0.345 e. The van der Waals surface area contributed by atoms with Gasteiger partial charge in [-0.1, -0.05) is 47.6 Å². The highest BCUT2D eigenvalue weighted by Gasteiger charge is 2.13. The summed E-state index contributed by atoms with van der Waals surface area (Å²) in [4.78, 5) is 28.8. The standard InChI is InChI=1S/C20H13ClN2O3S2/c21-13-5-3-6-14(9-13)22-18(24)11-28-20-23-16(10-27-20)15-8-12-4-1-2-7-17(12)26-19(15)25/h1-10H,11H2,(H,22,24). The highest BCUT2D eigenvalue weighted by molar-refractivity contribution is 8.01. The van der Waals surface area contributed by atoms with E-state index >= 15 is 0 Å². The number of carbonyl (C=O) groups is 1. The summed E-state index contributed by atoms with van der Waals surface area (Å²) in [5, 5.41) is 5.97. The second-order valence-electron chi connectivity index (χ2n) is 5.83. The molecule has 0 saturated heterocycles. The lowest BCUT2D eigenvalue weighted by atomic mass is 10.1. The van der Waals surface area contributed by atoms with Crippen LogP contribution in [0, 0.1) is 0 Å². The summed E-state index contributed by atoms with van der Waals surface area (Å²) >= 11 is 8.60. The van der Waals surface area contributed by atoms with Crippen molar-refractivity contribution in [1.29, 1.82) is 0 Å². The first-order chi connectivity index (χ1) is 13.6. The minimum Gasteiger partial charge on any atom is -0.422 e. The molecule has 0 unspecified atom stereocenters. The molecule has 0 aliphatic rings. The molecule has 2 aromatic heterocycles. The van der Waals surface area contributed by atoms with Crippen molar-refractivity contribution in [2.24, 2.45) is 0 Å². The predicted octanol–water partition coefficient (Wildman–Crippen LogP) is 5.30. The Hall–Kier alpha value is -2.61. The summed E-state index contributed by atoms with van der Waals surface area (Å²) in [5.41, 5.74) is 1.71. The first kappa shape index (κ1) is 18.7. The molecule has 1 amide bonds. The highest BCUT2D eigenvalue weighted by Crippen LogP contribution is 2.28. The van der Waals surface area contributed by atoms with E-state index in [9.17, 15) is 9.59 Å². The second-order valence-corrected chi connectivity index (χ2v) is 8.35. The van der Waals surface area contributed by atoms with Crippen LogP contribution >= 0.6 is 34.7 Å². The molecule has 0 radical (unpaired) electrons. The zero-order valence-electron chi connectivity index (χ0n) is 14.3. The van der Waals surface area contributed by atoms with Crippen molar-refractivity contribution in [3.8, 4) is 11.3 Å². The largest absolute Gasteiger partial charge is 0.422 e. The fourth-order valence-corrected chi connectivity index (χ4v) is 4.39. The van der Waals surface area contributed by atoms with Gasteiger partial charge in [-0.3, -0.25) is 4.79 Å². The quantitative estimate of drug-likeness (QED) is 0.345. The number of anilines is 1. The van der Waals surface area contributed by atoms with Gasteiger partial charge in [-0.15, -0.1) is 11.3 Å². The normalized spacial score (nSPS) is 10.9. The number of fused-ring (bicyclic) bond motifs is 1. The predicted molar refractivity (Wildman–Crippen MR) is 114 cm³/mol. The number of nitrogens with zero attached hydrogens (tertiary/aromatic N) is 1. The van der Waals surface area contributed by atoms with Crippen molar-refractivity contribution in [1.82, 2.24) is 4.98 Å². The van der Waals surface area contributed by atoms with Crippen molar-refractivity contribution in [3.63, 3.8) is 0 Å². The van der Waals surface area contributed by atoms with Crippen LogP contribution in [0.2, 0.25) is 5.02 Å². The third-order valence-electron chi connectivity index (χ3n) is 3.84. The van der Waals surface area contributed by atoms with Crippen molar-refractivity contribution < 1.29 is 9.21 Å². The van der Waals surface area contributed by atoms with Crippen LogP contribution in [0.15, 0.2) is 73.5 Å². The van der Waals surface area contributed by atoms with Crippen LogP contribution in [-0.2, 0) is 4.79 Å². The van der Waals surface area contributed by atoms with E-state index in [4.69, 9.17) is 16.0 Å². The van der Waals surface area contributed by atoms with Crippen LogP contribution in [-0.4, -0.2) is 16.6 Å². The molecule has 0 saturated carbocycles. The number of thiazole rings is 1. The van der Waals surface area contributed by atoms with Crippen LogP contribution in [0.3, 0.4) is 0 Å². The number of hydrogen-bond acceptors (Lipinski definition) is 6. The van der Waals surface area contributed by atoms with E-state index in [1.165, 1.54) is 23.1 Å². The summed E-state index contributed by atoms with van der Waals surface area (Å²) in [6.07, 6.45) is 0. The zero-order valence-corrected chi connectivity index (χ0v) is 16.7. The maximum atomic E-state index is 12.3. The van der Waals surface area contributed by atoms with Gasteiger partial charge in [0.1, 0.15) is 5.58 Å². The van der Waals surface area contributed by atoms with Gasteiger partial charge in [-0.05, 0) is 30.3 Å². The number of halogens is 1. The van der Waals surface area contributed by atoms with Gasteiger partial charge in [0.15, 0.2) is 4.34 Å². The lowest BCUT2D eigenvalue weighted by molar-refractivity contribution is -0.113. The Morgan fingerprint density at radius 1 is 1.18 bits per heavy atom. The third kappa shape index (κ3) is 4.27. The maximum absolute atomic E-state index is 12.3. The molecule has 4 aromatic rings. The number of aromatic nitrogens is 1. The van der Waals surface area contributed by atoms with E-state index in [0.29, 0.717) is 31.9 Å². The van der Waals surface area contributed by atoms with Crippen LogP contribution < -0.4 is 10.9 Å². The average Bonchev–Trinajstić information content (AvgIpc) is 3.14. The molecule has 0 aliphatic carbocycles. The fourth-order valence-electron chi connectivity index (χ4n) is 2.58. The summed E-state index contributed by atoms with van der Waals surface area (Å²) in [5.74, 6) is 0.0421. The van der Waals surface area contributed by atoms with Crippen LogP contribution in [0.1, 0.15) is 0 Å². The monoisotopic (exact) mass is 428 g/mol. The first-order valence-corrected chi connectivity index (χ1v) is 10.5. The topological polar surface area (TPSA) is 72.2 Å². The van der Waals surface area contributed by atoms with Gasteiger partial charge in [0.2, 0.25) is 5.91 Å². The van der Waals surface area contributed by atoms with Crippen molar-refractivity contribution in [3.05, 3.63) is 75.4 Å². The van der Waals surface area contributed by atoms with Crippen LogP contribution in [0.5, 0.6) is 0 Å².